The average Bonchev–Trinajstić information content (AvgIpc) is 2.68. The molecule has 6 nitrogen and oxygen atoms in total. The molecule has 0 aliphatic carbocycles. The fourth-order valence-corrected chi connectivity index (χ4v) is 2.99. The molecule has 1 N–H and O–H groups in total. The molecule has 2 heterocycles. The third-order valence-electron chi connectivity index (χ3n) is 4.47. The maximum absolute atomic E-state index is 13.9. The van der Waals surface area contributed by atoms with E-state index in [9.17, 15) is 9.18 Å². The van der Waals surface area contributed by atoms with Crippen LogP contribution >= 0.6 is 0 Å². The van der Waals surface area contributed by atoms with E-state index < -0.39 is 0 Å². The van der Waals surface area contributed by atoms with E-state index in [4.69, 9.17) is 0 Å². The van der Waals surface area contributed by atoms with Gasteiger partial charge in [-0.2, -0.15) is 0 Å². The van der Waals surface area contributed by atoms with Crippen LogP contribution in [0.2, 0.25) is 0 Å². The number of amides is 1. The van der Waals surface area contributed by atoms with Gasteiger partial charge < -0.3 is 15.1 Å². The number of aromatic nitrogens is 2. The number of unbranched alkanes of at least 4 members (excludes halogenated alkanes) is 1. The molecule has 1 fully saturated rings. The van der Waals surface area contributed by atoms with E-state index in [1.54, 1.807) is 18.2 Å². The molecule has 0 atom stereocenters. The number of benzene rings is 1. The van der Waals surface area contributed by atoms with Crippen molar-refractivity contribution in [3.05, 3.63) is 42.2 Å². The number of piperazine rings is 1. The Morgan fingerprint density at radius 3 is 2.46 bits per heavy atom. The van der Waals surface area contributed by atoms with Gasteiger partial charge in [0.1, 0.15) is 5.82 Å². The van der Waals surface area contributed by atoms with Crippen molar-refractivity contribution < 1.29 is 9.18 Å². The molecule has 1 saturated heterocycles. The Balaban J connectivity index is 1.55. The normalized spacial score (nSPS) is 14.4. The van der Waals surface area contributed by atoms with Crippen molar-refractivity contribution in [3.8, 4) is 0 Å². The van der Waals surface area contributed by atoms with Crippen LogP contribution in [-0.2, 0) is 4.79 Å². The summed E-state index contributed by atoms with van der Waals surface area (Å²) in [6, 6.07) is 10.5. The minimum atomic E-state index is -0.191. The molecule has 1 aliphatic heterocycles. The van der Waals surface area contributed by atoms with Crippen LogP contribution in [0.4, 0.5) is 21.7 Å². The first kappa shape index (κ1) is 18.1. The summed E-state index contributed by atoms with van der Waals surface area (Å²) < 4.78 is 13.9. The van der Waals surface area contributed by atoms with Gasteiger partial charge in [0.05, 0.1) is 5.69 Å². The fraction of sp³-hybridized carbons (Fsp3) is 0.421. The van der Waals surface area contributed by atoms with Gasteiger partial charge in [-0.25, -0.2) is 4.39 Å². The Hall–Kier alpha value is -2.70. The Kier molecular flexibility index (Phi) is 5.99. The Morgan fingerprint density at radius 2 is 1.81 bits per heavy atom. The fourth-order valence-electron chi connectivity index (χ4n) is 2.99. The van der Waals surface area contributed by atoms with Crippen molar-refractivity contribution in [2.45, 2.75) is 26.2 Å². The van der Waals surface area contributed by atoms with Gasteiger partial charge in [-0.3, -0.25) is 4.79 Å². The molecule has 3 rings (SSSR count). The van der Waals surface area contributed by atoms with Gasteiger partial charge in [-0.05, 0) is 30.7 Å². The van der Waals surface area contributed by atoms with Crippen molar-refractivity contribution in [3.63, 3.8) is 0 Å². The van der Waals surface area contributed by atoms with Crippen molar-refractivity contribution in [2.24, 2.45) is 0 Å². The monoisotopic (exact) mass is 357 g/mol. The highest BCUT2D eigenvalue weighted by Gasteiger charge is 2.20. The van der Waals surface area contributed by atoms with Gasteiger partial charge in [-0.15, -0.1) is 10.2 Å². The van der Waals surface area contributed by atoms with Crippen molar-refractivity contribution in [1.82, 2.24) is 10.2 Å². The lowest BCUT2D eigenvalue weighted by molar-refractivity contribution is -0.116. The molecular weight excluding hydrogens is 333 g/mol. The zero-order valence-electron chi connectivity index (χ0n) is 15.0. The summed E-state index contributed by atoms with van der Waals surface area (Å²) in [5, 5.41) is 11.1. The van der Waals surface area contributed by atoms with Gasteiger partial charge >= 0.3 is 0 Å². The lowest BCUT2D eigenvalue weighted by atomic mass is 10.2. The first-order chi connectivity index (χ1) is 12.7. The van der Waals surface area contributed by atoms with Crippen LogP contribution in [0.1, 0.15) is 26.2 Å². The Morgan fingerprint density at radius 1 is 1.08 bits per heavy atom. The van der Waals surface area contributed by atoms with Crippen LogP contribution in [0, 0.1) is 5.82 Å². The summed E-state index contributed by atoms with van der Waals surface area (Å²) in [5.41, 5.74) is 0.642. The van der Waals surface area contributed by atoms with Gasteiger partial charge in [0.15, 0.2) is 11.6 Å². The van der Waals surface area contributed by atoms with E-state index in [2.05, 4.69) is 20.4 Å². The highest BCUT2D eigenvalue weighted by Crippen LogP contribution is 2.22. The lowest BCUT2D eigenvalue weighted by Crippen LogP contribution is -2.47. The van der Waals surface area contributed by atoms with Crippen LogP contribution in [0.3, 0.4) is 0 Å². The molecule has 0 saturated carbocycles. The molecule has 1 aromatic carbocycles. The minimum absolute atomic E-state index is 0.0348. The zero-order chi connectivity index (χ0) is 18.4. The van der Waals surface area contributed by atoms with E-state index in [1.807, 2.05) is 24.0 Å². The predicted molar refractivity (Wildman–Crippen MR) is 101 cm³/mol. The number of rotatable bonds is 6. The highest BCUT2D eigenvalue weighted by molar-refractivity contribution is 5.89. The third-order valence-corrected chi connectivity index (χ3v) is 4.47. The van der Waals surface area contributed by atoms with Crippen molar-refractivity contribution in [1.29, 1.82) is 0 Å². The molecule has 0 unspecified atom stereocenters. The number of hydrogen-bond acceptors (Lipinski definition) is 5. The zero-order valence-corrected chi connectivity index (χ0v) is 15.0. The number of anilines is 3. The number of carbonyl (C=O) groups is 1. The quantitative estimate of drug-likeness (QED) is 0.861. The molecule has 0 spiro atoms. The molecule has 0 radical (unpaired) electrons. The van der Waals surface area contributed by atoms with Gasteiger partial charge in [0, 0.05) is 32.6 Å². The van der Waals surface area contributed by atoms with Gasteiger partial charge in [0.25, 0.3) is 0 Å². The molecule has 2 aromatic rings. The molecule has 26 heavy (non-hydrogen) atoms. The molecule has 0 bridgehead atoms. The number of nitrogens with one attached hydrogen (secondary N) is 1. The molecule has 1 aliphatic rings. The molecule has 1 amide bonds. The average molecular weight is 357 g/mol. The first-order valence-corrected chi connectivity index (χ1v) is 9.05. The standard InChI is InChI=1S/C19H24FN5O/c1-2-3-8-19(26)21-17-9-10-18(23-22-17)25-13-11-24(12-14-25)16-7-5-4-6-15(16)20/h4-7,9-10H,2-3,8,11-14H2,1H3,(H,21,22,26). The first-order valence-electron chi connectivity index (χ1n) is 9.05. The SMILES string of the molecule is CCCCC(=O)Nc1ccc(N2CCN(c3ccccc3F)CC2)nn1. The van der Waals surface area contributed by atoms with Gasteiger partial charge in [0.2, 0.25) is 5.91 Å². The van der Waals surface area contributed by atoms with E-state index in [0.717, 1.165) is 44.8 Å². The Bertz CT molecular complexity index is 729. The second-order valence-electron chi connectivity index (χ2n) is 6.35. The maximum atomic E-state index is 13.9. The van der Waals surface area contributed by atoms with Crippen molar-refractivity contribution in [2.75, 3.05) is 41.3 Å². The Labute approximate surface area is 153 Å². The van der Waals surface area contributed by atoms with Crippen LogP contribution in [0.5, 0.6) is 0 Å². The topological polar surface area (TPSA) is 61.4 Å². The van der Waals surface area contributed by atoms with E-state index >= 15 is 0 Å². The van der Waals surface area contributed by atoms with Crippen LogP contribution in [0.15, 0.2) is 36.4 Å². The van der Waals surface area contributed by atoms with E-state index in [1.165, 1.54) is 6.07 Å². The van der Waals surface area contributed by atoms with Crippen molar-refractivity contribution >= 4 is 23.2 Å². The number of carbonyl (C=O) groups excluding carboxylic acids is 1. The number of nitrogens with zero attached hydrogens (tertiary/aromatic N) is 4. The molecule has 138 valence electrons. The summed E-state index contributed by atoms with van der Waals surface area (Å²) in [7, 11) is 0. The summed E-state index contributed by atoms with van der Waals surface area (Å²) in [5.74, 6) is 1.01. The highest BCUT2D eigenvalue weighted by atomic mass is 19.1. The van der Waals surface area contributed by atoms with Crippen LogP contribution in [0.25, 0.3) is 0 Å². The molecule has 1 aromatic heterocycles. The maximum Gasteiger partial charge on any atom is 0.225 e. The summed E-state index contributed by atoms with van der Waals surface area (Å²) in [6.07, 6.45) is 2.35. The molecular formula is C19H24FN5O. The minimum Gasteiger partial charge on any atom is -0.366 e. The number of hydrogen-bond donors (Lipinski definition) is 1. The van der Waals surface area contributed by atoms with Gasteiger partial charge in [-0.1, -0.05) is 25.5 Å². The predicted octanol–water partition coefficient (Wildman–Crippen LogP) is 3.07. The van der Waals surface area contributed by atoms with Crippen LogP contribution in [-0.4, -0.2) is 42.3 Å². The summed E-state index contributed by atoms with van der Waals surface area (Å²) >= 11 is 0. The summed E-state index contributed by atoms with van der Waals surface area (Å²) in [4.78, 5) is 15.9. The van der Waals surface area contributed by atoms with E-state index in [0.29, 0.717) is 17.9 Å². The lowest BCUT2D eigenvalue weighted by Gasteiger charge is -2.36. The summed E-state index contributed by atoms with van der Waals surface area (Å²) in [6.45, 7) is 4.97. The third kappa shape index (κ3) is 4.47. The molecule has 7 heteroatoms. The number of para-hydroxylation sites is 1. The van der Waals surface area contributed by atoms with Crippen LogP contribution < -0.4 is 15.1 Å². The smallest absolute Gasteiger partial charge is 0.225 e. The second kappa shape index (κ2) is 8.60. The second-order valence-corrected chi connectivity index (χ2v) is 6.35. The number of halogens is 1. The largest absolute Gasteiger partial charge is 0.366 e. The van der Waals surface area contributed by atoms with E-state index in [-0.39, 0.29) is 11.7 Å².